The van der Waals surface area contributed by atoms with Gasteiger partial charge in [-0.25, -0.2) is 0 Å². The van der Waals surface area contributed by atoms with Crippen molar-refractivity contribution in [1.82, 2.24) is 0 Å². The summed E-state index contributed by atoms with van der Waals surface area (Å²) in [7, 11) is 1.56. The van der Waals surface area contributed by atoms with Gasteiger partial charge in [0.1, 0.15) is 13.2 Å². The van der Waals surface area contributed by atoms with Crippen molar-refractivity contribution >= 4 is 5.78 Å². The highest BCUT2D eigenvalue weighted by Gasteiger charge is 2.15. The number of carbonyl (C=O) groups excluding carboxylic acids is 1. The van der Waals surface area contributed by atoms with Gasteiger partial charge in [0.25, 0.3) is 0 Å². The van der Waals surface area contributed by atoms with E-state index < -0.39 is 0 Å². The molecule has 114 valence electrons. The molecule has 0 aliphatic carbocycles. The zero-order valence-corrected chi connectivity index (χ0v) is 12.2. The molecule has 0 spiro atoms. The van der Waals surface area contributed by atoms with E-state index in [2.05, 4.69) is 0 Å². The highest BCUT2D eigenvalue weighted by atomic mass is 16.6. The zero-order valence-electron chi connectivity index (χ0n) is 12.2. The van der Waals surface area contributed by atoms with Gasteiger partial charge in [0.05, 0.1) is 7.11 Å². The lowest BCUT2D eigenvalue weighted by molar-refractivity contribution is 0.0918. The summed E-state index contributed by atoms with van der Waals surface area (Å²) in [5, 5.41) is 0. The summed E-state index contributed by atoms with van der Waals surface area (Å²) in [5.74, 6) is 2.25. The monoisotopic (exact) mass is 300 g/mol. The Morgan fingerprint density at radius 1 is 1.05 bits per heavy atom. The maximum atomic E-state index is 12.2. The van der Waals surface area contributed by atoms with Crippen LogP contribution in [0.15, 0.2) is 42.5 Å². The minimum absolute atomic E-state index is 0.0694. The van der Waals surface area contributed by atoms with E-state index in [1.807, 2.05) is 12.1 Å². The molecule has 0 atom stereocenters. The third kappa shape index (κ3) is 2.98. The summed E-state index contributed by atoms with van der Waals surface area (Å²) in [5.41, 5.74) is 0.527. The number of ether oxygens (including phenoxy) is 4. The van der Waals surface area contributed by atoms with Crippen molar-refractivity contribution in [1.29, 1.82) is 0 Å². The van der Waals surface area contributed by atoms with Crippen LogP contribution in [-0.2, 0) is 0 Å². The van der Waals surface area contributed by atoms with Crippen LogP contribution in [0.2, 0.25) is 0 Å². The first kappa shape index (κ1) is 14.3. The van der Waals surface area contributed by atoms with Crippen LogP contribution >= 0.6 is 0 Å². The van der Waals surface area contributed by atoms with Crippen molar-refractivity contribution in [2.45, 2.75) is 0 Å². The Hall–Kier alpha value is -2.69. The van der Waals surface area contributed by atoms with Crippen LogP contribution in [0.4, 0.5) is 0 Å². The Bertz CT molecular complexity index is 680. The Morgan fingerprint density at radius 3 is 2.55 bits per heavy atom. The Labute approximate surface area is 128 Å². The minimum Gasteiger partial charge on any atom is -0.493 e. The molecule has 0 saturated heterocycles. The summed E-state index contributed by atoms with van der Waals surface area (Å²) < 4.78 is 21.6. The summed E-state index contributed by atoms with van der Waals surface area (Å²) >= 11 is 0. The normalized spacial score (nSPS) is 12.6. The maximum Gasteiger partial charge on any atom is 0.200 e. The van der Waals surface area contributed by atoms with Crippen LogP contribution in [-0.4, -0.2) is 32.7 Å². The molecule has 5 nitrogen and oxygen atoms in total. The van der Waals surface area contributed by atoms with E-state index >= 15 is 0 Å². The molecule has 0 saturated carbocycles. The van der Waals surface area contributed by atoms with Gasteiger partial charge in [0.15, 0.2) is 35.4 Å². The number of fused-ring (bicyclic) bond motifs is 1. The number of hydrogen-bond donors (Lipinski definition) is 0. The first-order chi connectivity index (χ1) is 10.8. The molecule has 0 aromatic heterocycles. The highest BCUT2D eigenvalue weighted by Crippen LogP contribution is 2.31. The molecule has 0 amide bonds. The van der Waals surface area contributed by atoms with E-state index in [1.165, 1.54) is 0 Å². The van der Waals surface area contributed by atoms with E-state index in [9.17, 15) is 4.79 Å². The van der Waals surface area contributed by atoms with Crippen molar-refractivity contribution in [3.8, 4) is 23.0 Å². The van der Waals surface area contributed by atoms with Crippen LogP contribution in [0.1, 0.15) is 10.4 Å². The summed E-state index contributed by atoms with van der Waals surface area (Å²) in [4.78, 5) is 12.2. The molecule has 0 bridgehead atoms. The van der Waals surface area contributed by atoms with E-state index in [-0.39, 0.29) is 12.4 Å². The molecular weight excluding hydrogens is 284 g/mol. The van der Waals surface area contributed by atoms with Crippen molar-refractivity contribution in [2.24, 2.45) is 0 Å². The molecule has 3 rings (SSSR count). The van der Waals surface area contributed by atoms with Crippen LogP contribution in [0, 0.1) is 0 Å². The summed E-state index contributed by atoms with van der Waals surface area (Å²) in [6.07, 6.45) is 0. The van der Waals surface area contributed by atoms with E-state index in [0.717, 1.165) is 0 Å². The molecule has 0 fully saturated rings. The first-order valence-corrected chi connectivity index (χ1v) is 6.96. The second-order valence-electron chi connectivity index (χ2n) is 4.72. The smallest absolute Gasteiger partial charge is 0.200 e. The number of ketones is 1. The Kier molecular flexibility index (Phi) is 4.14. The molecule has 0 N–H and O–H groups in total. The highest BCUT2D eigenvalue weighted by molar-refractivity contribution is 5.97. The van der Waals surface area contributed by atoms with Crippen molar-refractivity contribution in [2.75, 3.05) is 26.9 Å². The number of Topliss-reactive ketones (excluding diaryl/α,β-unsaturated/α-hetero) is 1. The van der Waals surface area contributed by atoms with Gasteiger partial charge in [-0.2, -0.15) is 0 Å². The summed E-state index contributed by atoms with van der Waals surface area (Å²) in [6, 6.07) is 12.3. The molecule has 1 heterocycles. The lowest BCUT2D eigenvalue weighted by Crippen LogP contribution is -2.17. The fourth-order valence-electron chi connectivity index (χ4n) is 2.18. The van der Waals surface area contributed by atoms with Crippen LogP contribution in [0.3, 0.4) is 0 Å². The molecular formula is C17H16O5. The van der Waals surface area contributed by atoms with Gasteiger partial charge < -0.3 is 18.9 Å². The minimum atomic E-state index is -0.136. The van der Waals surface area contributed by atoms with Gasteiger partial charge in [0, 0.05) is 5.56 Å². The number of benzene rings is 2. The molecule has 22 heavy (non-hydrogen) atoms. The van der Waals surface area contributed by atoms with Crippen LogP contribution in [0.25, 0.3) is 0 Å². The SMILES string of the molecule is COc1ccccc1OCC(=O)c1ccc2c(c1)OCCO2. The molecule has 2 aromatic rings. The number of methoxy groups -OCH3 is 1. The standard InChI is InChI=1S/C17H16O5/c1-19-14-4-2-3-5-15(14)22-11-13(18)12-6-7-16-17(10-12)21-9-8-20-16/h2-7,10H,8-9,11H2,1H3. The van der Waals surface area contributed by atoms with Gasteiger partial charge in [0.2, 0.25) is 0 Å². The molecule has 5 heteroatoms. The predicted molar refractivity (Wildman–Crippen MR) is 80.3 cm³/mol. The lowest BCUT2D eigenvalue weighted by Gasteiger charge is -2.18. The van der Waals surface area contributed by atoms with Gasteiger partial charge in [-0.15, -0.1) is 0 Å². The fourth-order valence-corrected chi connectivity index (χ4v) is 2.18. The number of para-hydroxylation sites is 2. The number of hydrogen-bond acceptors (Lipinski definition) is 5. The van der Waals surface area contributed by atoms with E-state index in [1.54, 1.807) is 37.4 Å². The molecule has 1 aliphatic heterocycles. The molecule has 2 aromatic carbocycles. The van der Waals surface area contributed by atoms with Gasteiger partial charge >= 0.3 is 0 Å². The second-order valence-corrected chi connectivity index (χ2v) is 4.72. The molecule has 0 unspecified atom stereocenters. The molecule has 1 aliphatic rings. The fraction of sp³-hybridized carbons (Fsp3) is 0.235. The largest absolute Gasteiger partial charge is 0.493 e. The third-order valence-electron chi connectivity index (χ3n) is 3.29. The van der Waals surface area contributed by atoms with Gasteiger partial charge in [-0.3, -0.25) is 4.79 Å². The number of carbonyl (C=O) groups is 1. The molecule has 0 radical (unpaired) electrons. The third-order valence-corrected chi connectivity index (χ3v) is 3.29. The van der Waals surface area contributed by atoms with Gasteiger partial charge in [-0.1, -0.05) is 12.1 Å². The average Bonchev–Trinajstić information content (AvgIpc) is 2.59. The van der Waals surface area contributed by atoms with Gasteiger partial charge in [-0.05, 0) is 30.3 Å². The maximum absolute atomic E-state index is 12.2. The quantitative estimate of drug-likeness (QED) is 0.795. The Balaban J connectivity index is 1.69. The number of rotatable bonds is 5. The van der Waals surface area contributed by atoms with Crippen LogP contribution in [0.5, 0.6) is 23.0 Å². The first-order valence-electron chi connectivity index (χ1n) is 6.96. The van der Waals surface area contributed by atoms with Crippen molar-refractivity contribution < 1.29 is 23.7 Å². The lowest BCUT2D eigenvalue weighted by atomic mass is 10.1. The van der Waals surface area contributed by atoms with E-state index in [4.69, 9.17) is 18.9 Å². The second kappa shape index (κ2) is 6.39. The summed E-state index contributed by atoms with van der Waals surface area (Å²) in [6.45, 7) is 0.944. The van der Waals surface area contributed by atoms with Crippen LogP contribution < -0.4 is 18.9 Å². The zero-order chi connectivity index (χ0) is 15.4. The van der Waals surface area contributed by atoms with Crippen molar-refractivity contribution in [3.05, 3.63) is 48.0 Å². The van der Waals surface area contributed by atoms with E-state index in [0.29, 0.717) is 41.8 Å². The Morgan fingerprint density at radius 2 is 1.77 bits per heavy atom. The average molecular weight is 300 g/mol. The topological polar surface area (TPSA) is 54.0 Å². The predicted octanol–water partition coefficient (Wildman–Crippen LogP) is 2.73. The van der Waals surface area contributed by atoms with Crippen molar-refractivity contribution in [3.63, 3.8) is 0 Å².